The molecule has 4 heterocycles. The zero-order valence-corrected chi connectivity index (χ0v) is 19.8. The quantitative estimate of drug-likeness (QED) is 0.269. The highest BCUT2D eigenvalue weighted by Gasteiger charge is 2.16. The van der Waals surface area contributed by atoms with Crippen LogP contribution in [0.4, 0.5) is 4.39 Å². The molecule has 0 spiro atoms. The topological polar surface area (TPSA) is 132 Å². The van der Waals surface area contributed by atoms with E-state index in [1.807, 2.05) is 36.5 Å². The summed E-state index contributed by atoms with van der Waals surface area (Å²) in [6, 6.07) is 14.3. The van der Waals surface area contributed by atoms with Gasteiger partial charge in [-0.05, 0) is 64.7 Å². The third-order valence-electron chi connectivity index (χ3n) is 5.99. The lowest BCUT2D eigenvalue weighted by molar-refractivity contribution is 0.586. The summed E-state index contributed by atoms with van der Waals surface area (Å²) in [6.45, 7) is -0.00549. The molecule has 6 rings (SSSR count). The Morgan fingerprint density at radius 2 is 1.89 bits per heavy atom. The fraction of sp³-hybridized carbons (Fsp3) is 0.0800. The number of hydrogen-bond donors (Lipinski definition) is 4. The molecule has 0 amide bonds. The van der Waals surface area contributed by atoms with Crippen molar-refractivity contribution in [3.8, 4) is 33.6 Å². The molecule has 0 unspecified atom stereocenters. The van der Waals surface area contributed by atoms with Crippen LogP contribution < -0.4 is 4.72 Å². The summed E-state index contributed by atoms with van der Waals surface area (Å²) >= 11 is 0. The van der Waals surface area contributed by atoms with E-state index in [0.29, 0.717) is 16.8 Å². The van der Waals surface area contributed by atoms with Crippen molar-refractivity contribution in [3.63, 3.8) is 0 Å². The van der Waals surface area contributed by atoms with Crippen molar-refractivity contribution < 1.29 is 12.8 Å². The van der Waals surface area contributed by atoms with E-state index in [4.69, 9.17) is 0 Å². The van der Waals surface area contributed by atoms with Crippen LogP contribution in [0.15, 0.2) is 67.1 Å². The molecule has 4 N–H and O–H groups in total. The van der Waals surface area contributed by atoms with Crippen molar-refractivity contribution in [1.29, 1.82) is 0 Å². The standard InChI is InChI=1S/C25H20FN7O2S/c1-36(34,35)30-11-14-6-16(8-18(26)7-14)19-4-5-27-25-20(19)10-23(31-25)24-21-9-15(17-12-28-29-13-17)2-3-22(21)32-33-24/h2-10,12-13,30H,11H2,1H3,(H,27,31)(H,28,29)(H,32,33). The minimum Gasteiger partial charge on any atom is -0.338 e. The van der Waals surface area contributed by atoms with E-state index in [0.717, 1.165) is 50.6 Å². The third kappa shape index (κ3) is 4.14. The van der Waals surface area contributed by atoms with Crippen LogP contribution in [0, 0.1) is 5.82 Å². The summed E-state index contributed by atoms with van der Waals surface area (Å²) in [5.74, 6) is -0.455. The number of nitrogens with zero attached hydrogens (tertiary/aromatic N) is 3. The molecule has 4 aromatic heterocycles. The Bertz CT molecular complexity index is 1840. The molecule has 36 heavy (non-hydrogen) atoms. The number of benzene rings is 2. The Balaban J connectivity index is 1.44. The van der Waals surface area contributed by atoms with Gasteiger partial charge in [0.1, 0.15) is 17.2 Å². The zero-order valence-electron chi connectivity index (χ0n) is 19.0. The summed E-state index contributed by atoms with van der Waals surface area (Å²) in [5.41, 5.74) is 6.88. The first-order chi connectivity index (χ1) is 17.3. The van der Waals surface area contributed by atoms with Gasteiger partial charge in [-0.2, -0.15) is 10.2 Å². The fourth-order valence-electron chi connectivity index (χ4n) is 4.34. The molecule has 11 heteroatoms. The van der Waals surface area contributed by atoms with Gasteiger partial charge in [0.15, 0.2) is 0 Å². The van der Waals surface area contributed by atoms with Gasteiger partial charge in [-0.25, -0.2) is 22.5 Å². The lowest BCUT2D eigenvalue weighted by Crippen LogP contribution is -2.21. The van der Waals surface area contributed by atoms with E-state index >= 15 is 0 Å². The maximum absolute atomic E-state index is 14.5. The van der Waals surface area contributed by atoms with Crippen LogP contribution in [-0.4, -0.2) is 45.0 Å². The molecule has 0 atom stereocenters. The summed E-state index contributed by atoms with van der Waals surface area (Å²) in [7, 11) is -3.41. The summed E-state index contributed by atoms with van der Waals surface area (Å²) < 4.78 is 39.8. The third-order valence-corrected chi connectivity index (χ3v) is 6.66. The predicted molar refractivity (Wildman–Crippen MR) is 136 cm³/mol. The molecule has 2 aromatic carbocycles. The van der Waals surface area contributed by atoms with Crippen LogP contribution in [0.3, 0.4) is 0 Å². The predicted octanol–water partition coefficient (Wildman–Crippen LogP) is 4.35. The minimum absolute atomic E-state index is 0.00549. The highest BCUT2D eigenvalue weighted by Crippen LogP contribution is 2.35. The van der Waals surface area contributed by atoms with E-state index in [1.165, 1.54) is 12.1 Å². The molecular formula is C25H20FN7O2S. The van der Waals surface area contributed by atoms with E-state index in [9.17, 15) is 12.8 Å². The molecule has 0 aliphatic carbocycles. The molecule has 0 fully saturated rings. The Morgan fingerprint density at radius 1 is 1.00 bits per heavy atom. The van der Waals surface area contributed by atoms with E-state index in [-0.39, 0.29) is 6.54 Å². The summed E-state index contributed by atoms with van der Waals surface area (Å²) in [6.07, 6.45) is 6.31. The normalized spacial score (nSPS) is 12.1. The van der Waals surface area contributed by atoms with Crippen LogP contribution in [0.5, 0.6) is 0 Å². The first-order valence-electron chi connectivity index (χ1n) is 11.0. The van der Waals surface area contributed by atoms with Gasteiger partial charge < -0.3 is 4.98 Å². The van der Waals surface area contributed by atoms with Crippen LogP contribution >= 0.6 is 0 Å². The van der Waals surface area contributed by atoms with Gasteiger partial charge in [-0.3, -0.25) is 10.2 Å². The van der Waals surface area contributed by atoms with Gasteiger partial charge in [0.25, 0.3) is 0 Å². The van der Waals surface area contributed by atoms with Crippen molar-refractivity contribution in [2.45, 2.75) is 6.54 Å². The van der Waals surface area contributed by atoms with Crippen LogP contribution in [0.2, 0.25) is 0 Å². The lowest BCUT2D eigenvalue weighted by atomic mass is 10.0. The van der Waals surface area contributed by atoms with Crippen LogP contribution in [-0.2, 0) is 16.6 Å². The van der Waals surface area contributed by atoms with E-state index in [1.54, 1.807) is 18.5 Å². The number of aromatic nitrogens is 6. The van der Waals surface area contributed by atoms with Gasteiger partial charge in [0.2, 0.25) is 10.0 Å². The molecule has 0 saturated heterocycles. The van der Waals surface area contributed by atoms with Crippen LogP contribution in [0.1, 0.15) is 5.56 Å². The number of rotatable bonds is 6. The molecule has 0 aliphatic heterocycles. The second-order valence-electron chi connectivity index (χ2n) is 8.56. The monoisotopic (exact) mass is 501 g/mol. The van der Waals surface area contributed by atoms with Crippen LogP contribution in [0.25, 0.3) is 55.6 Å². The summed E-state index contributed by atoms with van der Waals surface area (Å²) in [5, 5.41) is 16.2. The SMILES string of the molecule is CS(=O)(=O)NCc1cc(F)cc(-c2ccnc3[nH]c(-c4n[nH]c5ccc(-c6cn[nH]c6)cc45)cc23)c1. The lowest BCUT2D eigenvalue weighted by Gasteiger charge is -2.08. The van der Waals surface area contributed by atoms with Gasteiger partial charge >= 0.3 is 0 Å². The van der Waals surface area contributed by atoms with Gasteiger partial charge in [0, 0.05) is 35.3 Å². The molecule has 0 bridgehead atoms. The van der Waals surface area contributed by atoms with Crippen molar-refractivity contribution in [2.75, 3.05) is 6.26 Å². The number of pyridine rings is 1. The molecule has 6 aromatic rings. The molecule has 9 nitrogen and oxygen atoms in total. The van der Waals surface area contributed by atoms with Gasteiger partial charge in [0.05, 0.1) is 23.7 Å². The van der Waals surface area contributed by atoms with Crippen molar-refractivity contribution >= 4 is 32.0 Å². The number of halogens is 1. The Labute approximate surface area is 204 Å². The first-order valence-corrected chi connectivity index (χ1v) is 12.9. The fourth-order valence-corrected chi connectivity index (χ4v) is 4.77. The van der Waals surface area contributed by atoms with Gasteiger partial charge in [-0.1, -0.05) is 6.07 Å². The van der Waals surface area contributed by atoms with Crippen molar-refractivity contribution in [3.05, 3.63) is 78.5 Å². The maximum Gasteiger partial charge on any atom is 0.209 e. The highest BCUT2D eigenvalue weighted by molar-refractivity contribution is 7.88. The second kappa shape index (κ2) is 8.40. The number of aromatic amines is 3. The number of H-pyrrole nitrogens is 3. The van der Waals surface area contributed by atoms with E-state index < -0.39 is 15.8 Å². The molecule has 0 radical (unpaired) electrons. The zero-order chi connectivity index (χ0) is 24.9. The van der Waals surface area contributed by atoms with E-state index in [2.05, 4.69) is 35.1 Å². The Hall–Kier alpha value is -4.35. The summed E-state index contributed by atoms with van der Waals surface area (Å²) in [4.78, 5) is 7.79. The molecular weight excluding hydrogens is 481 g/mol. The van der Waals surface area contributed by atoms with Crippen molar-refractivity contribution in [1.82, 2.24) is 35.1 Å². The average Bonchev–Trinajstić information content (AvgIpc) is 3.60. The van der Waals surface area contributed by atoms with Gasteiger partial charge in [-0.15, -0.1) is 0 Å². The number of nitrogens with one attached hydrogen (secondary N) is 4. The smallest absolute Gasteiger partial charge is 0.209 e. The molecule has 180 valence electrons. The molecule has 0 aliphatic rings. The Kier molecular flexibility index (Phi) is 5.16. The number of fused-ring (bicyclic) bond motifs is 2. The Morgan fingerprint density at radius 3 is 2.69 bits per heavy atom. The maximum atomic E-state index is 14.5. The highest BCUT2D eigenvalue weighted by atomic mass is 32.2. The first kappa shape index (κ1) is 22.1. The number of sulfonamides is 1. The number of hydrogen-bond acceptors (Lipinski definition) is 5. The average molecular weight is 502 g/mol. The molecule has 0 saturated carbocycles. The largest absolute Gasteiger partial charge is 0.338 e. The van der Waals surface area contributed by atoms with Crippen molar-refractivity contribution in [2.24, 2.45) is 0 Å². The minimum atomic E-state index is -3.41. The second-order valence-corrected chi connectivity index (χ2v) is 10.4.